The molecule has 0 saturated carbocycles. The number of nitriles is 1. The molecule has 1 heterocycles. The Morgan fingerprint density at radius 2 is 1.67 bits per heavy atom. The van der Waals surface area contributed by atoms with Crippen LogP contribution in [0.25, 0.3) is 22.0 Å². The summed E-state index contributed by atoms with van der Waals surface area (Å²) in [7, 11) is 0. The summed E-state index contributed by atoms with van der Waals surface area (Å²) >= 11 is 12.4. The van der Waals surface area contributed by atoms with Crippen LogP contribution in [0.2, 0.25) is 10.2 Å². The van der Waals surface area contributed by atoms with Gasteiger partial charge in [-0.15, -0.1) is 0 Å². The van der Waals surface area contributed by atoms with Crippen LogP contribution in [0.1, 0.15) is 5.56 Å². The zero-order valence-electron chi connectivity index (χ0n) is 10.6. The van der Waals surface area contributed by atoms with Crippen LogP contribution in [-0.2, 0) is 20.1 Å². The molecule has 0 radical (unpaired) electrons. The van der Waals surface area contributed by atoms with Gasteiger partial charge >= 0.3 is 20.1 Å². The van der Waals surface area contributed by atoms with Crippen LogP contribution in [0.5, 0.6) is 0 Å². The monoisotopic (exact) mass is 491 g/mol. The first-order valence-electron chi connectivity index (χ1n) is 5.95. The number of pyridine rings is 1. The van der Waals surface area contributed by atoms with Gasteiger partial charge in [-0.2, -0.15) is 5.26 Å². The molecule has 0 spiro atoms. The normalized spacial score (nSPS) is 9.95. The summed E-state index contributed by atoms with van der Waals surface area (Å²) < 4.78 is 0. The van der Waals surface area contributed by atoms with Gasteiger partial charge in [-0.05, 0) is 6.07 Å². The number of fused-ring (bicyclic) bond motifs is 1. The predicted molar refractivity (Wildman–Crippen MR) is 81.9 cm³/mol. The first-order valence-corrected chi connectivity index (χ1v) is 6.71. The number of aromatic nitrogens is 1. The molecule has 0 N–H and O–H groups in total. The Bertz CT molecular complexity index is 842. The van der Waals surface area contributed by atoms with Crippen molar-refractivity contribution in [1.29, 1.82) is 5.26 Å². The Hall–Kier alpha value is -1.43. The van der Waals surface area contributed by atoms with Gasteiger partial charge in [0.2, 0.25) is 0 Å². The summed E-state index contributed by atoms with van der Waals surface area (Å²) in [4.78, 5) is 4.37. The molecule has 3 rings (SSSR count). The van der Waals surface area contributed by atoms with Crippen molar-refractivity contribution < 1.29 is 20.1 Å². The molecule has 3 aromatic rings. The molecule has 2 aromatic carbocycles. The van der Waals surface area contributed by atoms with E-state index in [-0.39, 0.29) is 25.3 Å². The standard InChI is InChI=1S/C16H8Cl2N2.Ir/c17-13-8-4-7-11-14(13)12(9-19)16(18)20-15(11)10-5-2-1-3-6-10;/h1-8H;/q;+3. The number of rotatable bonds is 1. The van der Waals surface area contributed by atoms with E-state index in [4.69, 9.17) is 23.2 Å². The Morgan fingerprint density at radius 3 is 2.33 bits per heavy atom. The van der Waals surface area contributed by atoms with E-state index in [0.717, 1.165) is 16.6 Å². The fraction of sp³-hybridized carbons (Fsp3) is 0. The van der Waals surface area contributed by atoms with E-state index in [1.165, 1.54) is 0 Å². The smallest absolute Gasteiger partial charge is 0.234 e. The Balaban J connectivity index is 0.00000161. The second-order valence-corrected chi connectivity index (χ2v) is 5.03. The third-order valence-electron chi connectivity index (χ3n) is 3.09. The molecular weight excluding hydrogens is 483 g/mol. The maximum atomic E-state index is 9.27. The molecule has 5 heteroatoms. The van der Waals surface area contributed by atoms with E-state index < -0.39 is 0 Å². The number of hydrogen-bond donors (Lipinski definition) is 0. The van der Waals surface area contributed by atoms with Gasteiger partial charge in [0.25, 0.3) is 0 Å². The summed E-state index contributed by atoms with van der Waals surface area (Å²) in [6.45, 7) is 0. The zero-order chi connectivity index (χ0) is 14.1. The second kappa shape index (κ2) is 6.56. The van der Waals surface area contributed by atoms with E-state index in [1.54, 1.807) is 6.07 Å². The Labute approximate surface area is 145 Å². The average Bonchev–Trinajstić information content (AvgIpc) is 2.48. The van der Waals surface area contributed by atoms with Crippen LogP contribution in [0.4, 0.5) is 0 Å². The van der Waals surface area contributed by atoms with Gasteiger partial charge in [-0.3, -0.25) is 0 Å². The topological polar surface area (TPSA) is 36.7 Å². The number of benzene rings is 2. The molecule has 0 unspecified atom stereocenters. The molecule has 0 atom stereocenters. The molecule has 102 valence electrons. The van der Waals surface area contributed by atoms with Crippen molar-refractivity contribution in [3.63, 3.8) is 0 Å². The summed E-state index contributed by atoms with van der Waals surface area (Å²) in [5.41, 5.74) is 1.98. The number of halogens is 2. The Morgan fingerprint density at radius 1 is 0.952 bits per heavy atom. The average molecular weight is 491 g/mol. The molecule has 21 heavy (non-hydrogen) atoms. The number of nitrogens with zero attached hydrogens (tertiary/aromatic N) is 2. The Kier molecular flexibility index (Phi) is 4.98. The summed E-state index contributed by atoms with van der Waals surface area (Å²) in [6, 6.07) is 17.3. The van der Waals surface area contributed by atoms with E-state index in [2.05, 4.69) is 11.1 Å². The largest absolute Gasteiger partial charge is 3.00 e. The molecule has 0 aliphatic heterocycles. The molecule has 0 saturated heterocycles. The van der Waals surface area contributed by atoms with Crippen molar-refractivity contribution in [1.82, 2.24) is 4.98 Å². The predicted octanol–water partition coefficient (Wildman–Crippen LogP) is 5.08. The fourth-order valence-electron chi connectivity index (χ4n) is 2.21. The van der Waals surface area contributed by atoms with Crippen molar-refractivity contribution in [2.24, 2.45) is 0 Å². The SMILES string of the molecule is N#Cc1c(Cl)nc(-c2ccccc2)c2cccc(Cl)c12.[Ir+3]. The van der Waals surface area contributed by atoms with E-state index in [0.29, 0.717) is 16.0 Å². The summed E-state index contributed by atoms with van der Waals surface area (Å²) in [5.74, 6) is 0. The third-order valence-corrected chi connectivity index (χ3v) is 3.68. The number of hydrogen-bond acceptors (Lipinski definition) is 2. The third kappa shape index (κ3) is 2.81. The molecule has 0 amide bonds. The summed E-state index contributed by atoms with van der Waals surface area (Å²) in [6.07, 6.45) is 0. The van der Waals surface area contributed by atoms with E-state index in [1.807, 2.05) is 42.5 Å². The van der Waals surface area contributed by atoms with Gasteiger partial charge in [-0.25, -0.2) is 4.98 Å². The molecule has 0 aliphatic carbocycles. The molecular formula is C16H8Cl2IrN2+3. The molecule has 1 aromatic heterocycles. The maximum Gasteiger partial charge on any atom is 3.00 e. The second-order valence-electron chi connectivity index (χ2n) is 4.27. The van der Waals surface area contributed by atoms with Crippen LogP contribution in [0.3, 0.4) is 0 Å². The van der Waals surface area contributed by atoms with Gasteiger partial charge < -0.3 is 0 Å². The minimum atomic E-state index is 0. The van der Waals surface area contributed by atoms with Gasteiger partial charge in [0.1, 0.15) is 11.2 Å². The molecule has 0 fully saturated rings. The van der Waals surface area contributed by atoms with Crippen LogP contribution in [0, 0.1) is 11.3 Å². The van der Waals surface area contributed by atoms with Crippen molar-refractivity contribution in [3.05, 3.63) is 64.3 Å². The van der Waals surface area contributed by atoms with Crippen molar-refractivity contribution in [2.45, 2.75) is 0 Å². The van der Waals surface area contributed by atoms with Crippen molar-refractivity contribution in [3.8, 4) is 17.3 Å². The first kappa shape index (κ1) is 15.9. The molecule has 0 bridgehead atoms. The van der Waals surface area contributed by atoms with E-state index in [9.17, 15) is 5.26 Å². The van der Waals surface area contributed by atoms with Crippen LogP contribution in [-0.4, -0.2) is 4.98 Å². The zero-order valence-corrected chi connectivity index (χ0v) is 14.5. The van der Waals surface area contributed by atoms with Crippen LogP contribution in [0.15, 0.2) is 48.5 Å². The van der Waals surface area contributed by atoms with Gasteiger partial charge in [0.05, 0.1) is 11.3 Å². The van der Waals surface area contributed by atoms with Gasteiger partial charge in [0.15, 0.2) is 0 Å². The minimum Gasteiger partial charge on any atom is -0.234 e. The molecule has 0 aliphatic rings. The fourth-order valence-corrected chi connectivity index (χ4v) is 2.70. The van der Waals surface area contributed by atoms with E-state index >= 15 is 0 Å². The minimum absolute atomic E-state index is 0. The van der Waals surface area contributed by atoms with Gasteiger partial charge in [0, 0.05) is 21.4 Å². The van der Waals surface area contributed by atoms with Crippen LogP contribution < -0.4 is 0 Å². The van der Waals surface area contributed by atoms with Crippen molar-refractivity contribution >= 4 is 34.0 Å². The maximum absolute atomic E-state index is 9.27. The van der Waals surface area contributed by atoms with Crippen molar-refractivity contribution in [2.75, 3.05) is 0 Å². The quantitative estimate of drug-likeness (QED) is 0.446. The molecule has 2 nitrogen and oxygen atoms in total. The van der Waals surface area contributed by atoms with Gasteiger partial charge in [-0.1, -0.05) is 65.7 Å². The summed E-state index contributed by atoms with van der Waals surface area (Å²) in [5, 5.41) is 11.4. The first-order chi connectivity index (χ1) is 9.72. The van der Waals surface area contributed by atoms with Crippen LogP contribution >= 0.6 is 23.2 Å².